The van der Waals surface area contributed by atoms with Crippen LogP contribution in [0.1, 0.15) is 24.0 Å². The maximum absolute atomic E-state index is 13.8. The van der Waals surface area contributed by atoms with E-state index in [9.17, 15) is 9.65 Å². The summed E-state index contributed by atoms with van der Waals surface area (Å²) in [5, 5.41) is 13.3. The molecular formula is C18H18FN3O. The average molecular weight is 311 g/mol. The molecule has 0 spiro atoms. The number of nitriles is 1. The summed E-state index contributed by atoms with van der Waals surface area (Å²) in [6.45, 7) is 3.94. The second-order valence-electron chi connectivity index (χ2n) is 5.64. The first-order valence-corrected chi connectivity index (χ1v) is 7.67. The topological polar surface area (TPSA) is 57.9 Å². The summed E-state index contributed by atoms with van der Waals surface area (Å²) in [5.74, 6) is -0.318. The summed E-state index contributed by atoms with van der Waals surface area (Å²) < 4.78 is 19.1. The van der Waals surface area contributed by atoms with Gasteiger partial charge in [0.1, 0.15) is 11.9 Å². The largest absolute Gasteiger partial charge is 0.383 e. The first kappa shape index (κ1) is 15.4. The molecule has 118 valence electrons. The van der Waals surface area contributed by atoms with Crippen LogP contribution in [0.15, 0.2) is 30.0 Å². The van der Waals surface area contributed by atoms with E-state index in [0.29, 0.717) is 29.8 Å². The fourth-order valence-electron chi connectivity index (χ4n) is 2.85. The van der Waals surface area contributed by atoms with Gasteiger partial charge < -0.3 is 10.1 Å². The number of fused-ring (bicyclic) bond motifs is 1. The highest BCUT2D eigenvalue weighted by atomic mass is 19.1. The number of rotatable bonds is 4. The number of anilines is 1. The van der Waals surface area contributed by atoms with Gasteiger partial charge in [-0.1, -0.05) is 11.6 Å². The molecule has 1 aliphatic rings. The van der Waals surface area contributed by atoms with Gasteiger partial charge in [0.25, 0.3) is 0 Å². The van der Waals surface area contributed by atoms with Crippen molar-refractivity contribution in [1.29, 1.82) is 5.26 Å². The minimum Gasteiger partial charge on any atom is -0.383 e. The predicted octanol–water partition coefficient (Wildman–Crippen LogP) is 3.70. The molecule has 23 heavy (non-hydrogen) atoms. The number of pyridine rings is 1. The number of nitrogens with one attached hydrogen (secondary N) is 1. The molecule has 2 heterocycles. The van der Waals surface area contributed by atoms with E-state index in [1.54, 1.807) is 6.20 Å². The summed E-state index contributed by atoms with van der Waals surface area (Å²) in [4.78, 5) is 4.29. The number of aryl methyl sites for hydroxylation is 1. The van der Waals surface area contributed by atoms with Crippen molar-refractivity contribution in [1.82, 2.24) is 4.98 Å². The summed E-state index contributed by atoms with van der Waals surface area (Å²) in [5.41, 5.74) is 3.93. The van der Waals surface area contributed by atoms with E-state index < -0.39 is 0 Å². The van der Waals surface area contributed by atoms with Crippen molar-refractivity contribution >= 4 is 16.6 Å². The van der Waals surface area contributed by atoms with Gasteiger partial charge in [0.15, 0.2) is 0 Å². The van der Waals surface area contributed by atoms with Crippen LogP contribution in [0, 0.1) is 24.1 Å². The first-order chi connectivity index (χ1) is 11.2. The van der Waals surface area contributed by atoms with Gasteiger partial charge in [0.2, 0.25) is 0 Å². The van der Waals surface area contributed by atoms with Crippen LogP contribution in [0.5, 0.6) is 0 Å². The molecule has 4 nitrogen and oxygen atoms in total. The van der Waals surface area contributed by atoms with Gasteiger partial charge in [0.05, 0.1) is 30.0 Å². The zero-order valence-electron chi connectivity index (χ0n) is 13.0. The van der Waals surface area contributed by atoms with Gasteiger partial charge in [-0.25, -0.2) is 4.39 Å². The van der Waals surface area contributed by atoms with E-state index in [2.05, 4.69) is 22.4 Å². The number of halogens is 1. The Hall–Kier alpha value is -2.45. The second-order valence-corrected chi connectivity index (χ2v) is 5.64. The van der Waals surface area contributed by atoms with E-state index in [0.717, 1.165) is 30.5 Å². The van der Waals surface area contributed by atoms with E-state index in [1.807, 2.05) is 6.92 Å². The third kappa shape index (κ3) is 3.33. The lowest BCUT2D eigenvalue weighted by Crippen LogP contribution is -2.10. The number of ether oxygens (including phenoxy) is 1. The van der Waals surface area contributed by atoms with Crippen LogP contribution in [0.2, 0.25) is 0 Å². The molecule has 0 aliphatic carbocycles. The Labute approximate surface area is 134 Å². The lowest BCUT2D eigenvalue weighted by Gasteiger charge is -2.16. The quantitative estimate of drug-likeness (QED) is 0.875. The van der Waals surface area contributed by atoms with E-state index >= 15 is 0 Å². The number of aromatic nitrogens is 1. The van der Waals surface area contributed by atoms with E-state index in [4.69, 9.17) is 4.74 Å². The van der Waals surface area contributed by atoms with Crippen LogP contribution in [-0.2, 0) is 4.74 Å². The van der Waals surface area contributed by atoms with Crippen LogP contribution < -0.4 is 5.32 Å². The molecule has 0 amide bonds. The fraction of sp³-hybridized carbons (Fsp3) is 0.333. The molecule has 0 radical (unpaired) electrons. The molecule has 1 aromatic carbocycles. The molecule has 0 saturated heterocycles. The fourth-order valence-corrected chi connectivity index (χ4v) is 2.85. The van der Waals surface area contributed by atoms with Crippen LogP contribution in [-0.4, -0.2) is 24.7 Å². The van der Waals surface area contributed by atoms with Crippen molar-refractivity contribution in [3.8, 4) is 6.07 Å². The van der Waals surface area contributed by atoms with Crippen molar-refractivity contribution in [3.63, 3.8) is 0 Å². The zero-order chi connectivity index (χ0) is 16.2. The minimum atomic E-state index is -0.318. The lowest BCUT2D eigenvalue weighted by molar-refractivity contribution is 0.153. The molecule has 3 rings (SSSR count). The van der Waals surface area contributed by atoms with Gasteiger partial charge in [-0.2, -0.15) is 5.26 Å². The van der Waals surface area contributed by atoms with Gasteiger partial charge in [0, 0.05) is 18.1 Å². The monoisotopic (exact) mass is 311 g/mol. The Kier molecular flexibility index (Phi) is 4.54. The van der Waals surface area contributed by atoms with Gasteiger partial charge in [-0.3, -0.25) is 4.98 Å². The van der Waals surface area contributed by atoms with Crippen LogP contribution in [0.4, 0.5) is 10.1 Å². The SMILES string of the molecule is Cc1cc(F)cc2c(NCCC3=CCOCC3)c(C#N)cnc12. The molecule has 0 saturated carbocycles. The van der Waals surface area contributed by atoms with Crippen molar-refractivity contribution in [2.45, 2.75) is 19.8 Å². The van der Waals surface area contributed by atoms with Gasteiger partial charge in [-0.15, -0.1) is 0 Å². The Morgan fingerprint density at radius 2 is 2.30 bits per heavy atom. The molecule has 0 atom stereocenters. The normalized spacial score (nSPS) is 14.4. The lowest BCUT2D eigenvalue weighted by atomic mass is 10.0. The van der Waals surface area contributed by atoms with Crippen molar-refractivity contribution in [2.24, 2.45) is 0 Å². The summed E-state index contributed by atoms with van der Waals surface area (Å²) >= 11 is 0. The maximum atomic E-state index is 13.8. The third-order valence-corrected chi connectivity index (χ3v) is 4.05. The molecule has 0 unspecified atom stereocenters. The highest BCUT2D eigenvalue weighted by Gasteiger charge is 2.12. The van der Waals surface area contributed by atoms with Crippen LogP contribution in [0.3, 0.4) is 0 Å². The second kappa shape index (κ2) is 6.76. The number of nitrogens with zero attached hydrogens (tertiary/aromatic N) is 2. The summed E-state index contributed by atoms with van der Waals surface area (Å²) in [7, 11) is 0. The zero-order valence-corrected chi connectivity index (χ0v) is 13.0. The number of hydrogen-bond acceptors (Lipinski definition) is 4. The smallest absolute Gasteiger partial charge is 0.124 e. The first-order valence-electron chi connectivity index (χ1n) is 7.67. The highest BCUT2D eigenvalue weighted by Crippen LogP contribution is 2.28. The van der Waals surface area contributed by atoms with E-state index in [-0.39, 0.29) is 5.82 Å². The standard InChI is InChI=1S/C18H18FN3O/c1-12-8-15(19)9-16-17(12)22-11-14(10-20)18(16)21-5-2-13-3-6-23-7-4-13/h3,8-9,11H,2,4-7H2,1H3,(H,21,22). The minimum absolute atomic E-state index is 0.318. The molecular weight excluding hydrogens is 293 g/mol. The van der Waals surface area contributed by atoms with E-state index in [1.165, 1.54) is 17.7 Å². The Balaban J connectivity index is 1.89. The Morgan fingerprint density at radius 1 is 1.43 bits per heavy atom. The van der Waals surface area contributed by atoms with Crippen molar-refractivity contribution in [2.75, 3.05) is 25.1 Å². The van der Waals surface area contributed by atoms with Crippen molar-refractivity contribution in [3.05, 3.63) is 46.9 Å². The van der Waals surface area contributed by atoms with Crippen LogP contribution in [0.25, 0.3) is 10.9 Å². The molecule has 0 fully saturated rings. The Bertz CT molecular complexity index is 808. The molecule has 0 bridgehead atoms. The molecule has 1 N–H and O–H groups in total. The number of hydrogen-bond donors (Lipinski definition) is 1. The summed E-state index contributed by atoms with van der Waals surface area (Å²) in [6, 6.07) is 5.03. The van der Waals surface area contributed by atoms with Gasteiger partial charge in [-0.05, 0) is 37.5 Å². The third-order valence-electron chi connectivity index (χ3n) is 4.05. The maximum Gasteiger partial charge on any atom is 0.124 e. The molecule has 1 aliphatic heterocycles. The summed E-state index contributed by atoms with van der Waals surface area (Å²) in [6.07, 6.45) is 5.47. The molecule has 2 aromatic rings. The Morgan fingerprint density at radius 3 is 3.04 bits per heavy atom. The van der Waals surface area contributed by atoms with Gasteiger partial charge >= 0.3 is 0 Å². The average Bonchev–Trinajstić information content (AvgIpc) is 2.56. The number of benzene rings is 1. The van der Waals surface area contributed by atoms with Crippen LogP contribution >= 0.6 is 0 Å². The molecule has 5 heteroatoms. The van der Waals surface area contributed by atoms with Crippen molar-refractivity contribution < 1.29 is 9.13 Å². The molecule has 1 aromatic heterocycles. The predicted molar refractivity (Wildman–Crippen MR) is 87.8 cm³/mol. The highest BCUT2D eigenvalue weighted by molar-refractivity contribution is 5.95.